The molecule has 0 spiro atoms. The topological polar surface area (TPSA) is 3.24 Å². The van der Waals surface area contributed by atoms with Crippen LogP contribution in [0.1, 0.15) is 44.2 Å². The largest absolute Gasteiger partial charge is 0.296 e. The number of nitrogens with zero attached hydrogens (tertiary/aromatic N) is 1. The first-order chi connectivity index (χ1) is 7.42. The quantitative estimate of drug-likeness (QED) is 0.770. The minimum atomic E-state index is 0. The van der Waals surface area contributed by atoms with Crippen molar-refractivity contribution in [2.75, 3.05) is 13.1 Å². The Balaban J connectivity index is 0.00000128. The Morgan fingerprint density at radius 3 is 2.25 bits per heavy atom. The SMILES string of the molecule is CCC(c1ccccc1)N1CCCCC1.Cl. The van der Waals surface area contributed by atoms with E-state index in [0.717, 1.165) is 0 Å². The smallest absolute Gasteiger partial charge is 0.0345 e. The van der Waals surface area contributed by atoms with Gasteiger partial charge in [0.05, 0.1) is 0 Å². The van der Waals surface area contributed by atoms with Crippen LogP contribution < -0.4 is 0 Å². The Kier molecular flexibility index (Phi) is 5.86. The van der Waals surface area contributed by atoms with Crippen molar-refractivity contribution in [3.05, 3.63) is 35.9 Å². The van der Waals surface area contributed by atoms with E-state index in [1.807, 2.05) is 0 Å². The van der Waals surface area contributed by atoms with E-state index in [-0.39, 0.29) is 12.4 Å². The second-order valence-electron chi connectivity index (χ2n) is 4.43. The van der Waals surface area contributed by atoms with E-state index in [2.05, 4.69) is 42.2 Å². The molecule has 1 unspecified atom stereocenters. The minimum absolute atomic E-state index is 0. The van der Waals surface area contributed by atoms with Crippen molar-refractivity contribution in [2.45, 2.75) is 38.6 Å². The van der Waals surface area contributed by atoms with E-state index in [1.54, 1.807) is 0 Å². The third-order valence-corrected chi connectivity index (χ3v) is 3.40. The normalized spacial score (nSPS) is 18.8. The maximum Gasteiger partial charge on any atom is 0.0345 e. The fourth-order valence-electron chi connectivity index (χ4n) is 2.61. The summed E-state index contributed by atoms with van der Waals surface area (Å²) in [5.41, 5.74) is 1.49. The second-order valence-corrected chi connectivity index (χ2v) is 4.43. The van der Waals surface area contributed by atoms with E-state index < -0.39 is 0 Å². The number of halogens is 1. The standard InChI is InChI=1S/C14H21N.ClH/c1-2-14(13-9-5-3-6-10-13)15-11-7-4-8-12-15;/h3,5-6,9-10,14H,2,4,7-8,11-12H2,1H3;1H. The highest BCUT2D eigenvalue weighted by atomic mass is 35.5. The van der Waals surface area contributed by atoms with Crippen LogP contribution in [0, 0.1) is 0 Å². The van der Waals surface area contributed by atoms with Gasteiger partial charge in [0.1, 0.15) is 0 Å². The monoisotopic (exact) mass is 239 g/mol. The molecule has 0 bridgehead atoms. The van der Waals surface area contributed by atoms with Crippen molar-refractivity contribution in [3.8, 4) is 0 Å². The van der Waals surface area contributed by atoms with Crippen LogP contribution in [0.25, 0.3) is 0 Å². The molecule has 1 aromatic carbocycles. The fourth-order valence-corrected chi connectivity index (χ4v) is 2.61. The number of benzene rings is 1. The van der Waals surface area contributed by atoms with Crippen LogP contribution >= 0.6 is 12.4 Å². The van der Waals surface area contributed by atoms with Crippen molar-refractivity contribution in [1.82, 2.24) is 4.90 Å². The number of hydrogen-bond acceptors (Lipinski definition) is 1. The van der Waals surface area contributed by atoms with Crippen LogP contribution in [0.2, 0.25) is 0 Å². The maximum absolute atomic E-state index is 2.65. The molecule has 90 valence electrons. The number of piperidine rings is 1. The Labute approximate surface area is 105 Å². The van der Waals surface area contributed by atoms with Crippen LogP contribution in [0.5, 0.6) is 0 Å². The van der Waals surface area contributed by atoms with Crippen molar-refractivity contribution in [2.24, 2.45) is 0 Å². The zero-order valence-corrected chi connectivity index (χ0v) is 10.9. The molecule has 0 saturated carbocycles. The van der Waals surface area contributed by atoms with E-state index in [0.29, 0.717) is 6.04 Å². The van der Waals surface area contributed by atoms with Gasteiger partial charge in [-0.1, -0.05) is 43.7 Å². The Hall–Kier alpha value is -0.530. The summed E-state index contributed by atoms with van der Waals surface area (Å²) in [5, 5.41) is 0. The summed E-state index contributed by atoms with van der Waals surface area (Å²) >= 11 is 0. The molecule has 2 heteroatoms. The molecule has 0 aliphatic carbocycles. The first-order valence-corrected chi connectivity index (χ1v) is 6.21. The van der Waals surface area contributed by atoms with Gasteiger partial charge in [0.15, 0.2) is 0 Å². The predicted molar refractivity (Wildman–Crippen MR) is 72.1 cm³/mol. The summed E-state index contributed by atoms with van der Waals surface area (Å²) in [4.78, 5) is 2.65. The lowest BCUT2D eigenvalue weighted by molar-refractivity contribution is 0.159. The van der Waals surface area contributed by atoms with Gasteiger partial charge >= 0.3 is 0 Å². The summed E-state index contributed by atoms with van der Waals surface area (Å²) < 4.78 is 0. The number of likely N-dealkylation sites (tertiary alicyclic amines) is 1. The van der Waals surface area contributed by atoms with Gasteiger partial charge in [0.2, 0.25) is 0 Å². The molecule has 0 amide bonds. The summed E-state index contributed by atoms with van der Waals surface area (Å²) in [6.07, 6.45) is 5.40. The van der Waals surface area contributed by atoms with E-state index in [9.17, 15) is 0 Å². The summed E-state index contributed by atoms with van der Waals surface area (Å²) in [5.74, 6) is 0. The first kappa shape index (κ1) is 13.5. The zero-order chi connectivity index (χ0) is 10.5. The van der Waals surface area contributed by atoms with Gasteiger partial charge in [-0.2, -0.15) is 0 Å². The molecule has 1 saturated heterocycles. The van der Waals surface area contributed by atoms with Gasteiger partial charge < -0.3 is 0 Å². The fraction of sp³-hybridized carbons (Fsp3) is 0.571. The highest BCUT2D eigenvalue weighted by Crippen LogP contribution is 2.26. The second kappa shape index (κ2) is 6.93. The van der Waals surface area contributed by atoms with Crippen LogP contribution in [0.4, 0.5) is 0 Å². The van der Waals surface area contributed by atoms with Gasteiger partial charge in [0.25, 0.3) is 0 Å². The Morgan fingerprint density at radius 2 is 1.69 bits per heavy atom. The highest BCUT2D eigenvalue weighted by Gasteiger charge is 2.19. The first-order valence-electron chi connectivity index (χ1n) is 6.21. The Morgan fingerprint density at radius 1 is 1.06 bits per heavy atom. The molecule has 1 aromatic rings. The van der Waals surface area contributed by atoms with E-state index in [1.165, 1.54) is 44.3 Å². The molecule has 1 aliphatic rings. The molecule has 0 aromatic heterocycles. The van der Waals surface area contributed by atoms with Crippen molar-refractivity contribution in [3.63, 3.8) is 0 Å². The number of hydrogen-bond donors (Lipinski definition) is 0. The molecule has 1 fully saturated rings. The van der Waals surface area contributed by atoms with Crippen molar-refractivity contribution < 1.29 is 0 Å². The average Bonchev–Trinajstić information content (AvgIpc) is 2.33. The molecule has 1 nitrogen and oxygen atoms in total. The summed E-state index contributed by atoms with van der Waals surface area (Å²) in [6, 6.07) is 11.6. The van der Waals surface area contributed by atoms with Crippen molar-refractivity contribution >= 4 is 12.4 Å². The van der Waals surface area contributed by atoms with Gasteiger partial charge in [-0.3, -0.25) is 4.90 Å². The molecule has 2 rings (SSSR count). The molecule has 1 atom stereocenters. The van der Waals surface area contributed by atoms with Crippen molar-refractivity contribution in [1.29, 1.82) is 0 Å². The third-order valence-electron chi connectivity index (χ3n) is 3.40. The molecule has 0 radical (unpaired) electrons. The van der Waals surface area contributed by atoms with Crippen LogP contribution in [0.15, 0.2) is 30.3 Å². The lowest BCUT2D eigenvalue weighted by Gasteiger charge is -2.34. The van der Waals surface area contributed by atoms with E-state index >= 15 is 0 Å². The summed E-state index contributed by atoms with van der Waals surface area (Å²) in [6.45, 7) is 4.87. The summed E-state index contributed by atoms with van der Waals surface area (Å²) in [7, 11) is 0. The molecule has 1 aliphatic heterocycles. The van der Waals surface area contributed by atoms with Gasteiger partial charge in [0, 0.05) is 6.04 Å². The van der Waals surface area contributed by atoms with Crippen LogP contribution in [-0.4, -0.2) is 18.0 Å². The Bertz CT molecular complexity index is 280. The van der Waals surface area contributed by atoms with Gasteiger partial charge in [-0.15, -0.1) is 12.4 Å². The van der Waals surface area contributed by atoms with Crippen LogP contribution in [-0.2, 0) is 0 Å². The zero-order valence-electron chi connectivity index (χ0n) is 10.1. The maximum atomic E-state index is 2.65. The van der Waals surface area contributed by atoms with Gasteiger partial charge in [-0.25, -0.2) is 0 Å². The molecule has 1 heterocycles. The minimum Gasteiger partial charge on any atom is -0.296 e. The van der Waals surface area contributed by atoms with E-state index in [4.69, 9.17) is 0 Å². The van der Waals surface area contributed by atoms with Crippen LogP contribution in [0.3, 0.4) is 0 Å². The number of rotatable bonds is 3. The molecule has 0 N–H and O–H groups in total. The highest BCUT2D eigenvalue weighted by molar-refractivity contribution is 5.85. The molecular weight excluding hydrogens is 218 g/mol. The third kappa shape index (κ3) is 3.23. The predicted octanol–water partition coefficient (Wildman–Crippen LogP) is 4.05. The lowest BCUT2D eigenvalue weighted by Crippen LogP contribution is -2.33. The van der Waals surface area contributed by atoms with Gasteiger partial charge in [-0.05, 0) is 37.9 Å². The molecule has 16 heavy (non-hydrogen) atoms. The molecular formula is C14H22ClN. The average molecular weight is 240 g/mol. The lowest BCUT2D eigenvalue weighted by atomic mass is 10.00.